The van der Waals surface area contributed by atoms with Crippen molar-refractivity contribution in [1.29, 1.82) is 0 Å². The fourth-order valence-electron chi connectivity index (χ4n) is 6.02. The number of carbonyl (C=O) groups excluding carboxylic acids is 1. The first-order valence-electron chi connectivity index (χ1n) is 30.6. The van der Waals surface area contributed by atoms with Crippen LogP contribution in [0.4, 0.5) is 0 Å². The van der Waals surface area contributed by atoms with Gasteiger partial charge in [0.25, 0.3) is 10.1 Å². The van der Waals surface area contributed by atoms with Crippen LogP contribution in [-0.2, 0) is 40.5 Å². The Morgan fingerprint density at radius 1 is 0.514 bits per heavy atom. The molecule has 596 valence electrons. The van der Waals surface area contributed by atoms with Crippen molar-refractivity contribution in [3.05, 3.63) is 267 Å². The maximum absolute atomic E-state index is 10.8. The predicted octanol–water partition coefficient (Wildman–Crippen LogP) is 21.3. The van der Waals surface area contributed by atoms with Crippen LogP contribution in [0.2, 0.25) is 0 Å². The van der Waals surface area contributed by atoms with Crippen LogP contribution in [0.25, 0.3) is 71.4 Å². The van der Waals surface area contributed by atoms with Gasteiger partial charge in [-0.05, 0) is 11.1 Å². The number of aldehydes is 1. The molecule has 0 fully saturated rings. The van der Waals surface area contributed by atoms with Gasteiger partial charge in [-0.1, -0.05) is 361 Å². The number of carbonyl (C=O) groups is 1. The van der Waals surface area contributed by atoms with E-state index in [-0.39, 0.29) is 108 Å². The Labute approximate surface area is 718 Å². The minimum absolute atomic E-state index is 0. The van der Waals surface area contributed by atoms with Gasteiger partial charge in [0, 0.05) is 101 Å². The van der Waals surface area contributed by atoms with E-state index < -0.39 is 10.1 Å². The van der Waals surface area contributed by atoms with Gasteiger partial charge in [0.1, 0.15) is 60.4 Å². The minimum Gasteiger partial charge on any atom is -0.411 e. The van der Waals surface area contributed by atoms with E-state index in [1.165, 1.54) is 11.1 Å². The van der Waals surface area contributed by atoms with Crippen LogP contribution in [-0.4, -0.2) is 69.8 Å². The zero-order valence-electron chi connectivity index (χ0n) is 59.2. The number of azide groups is 1. The molecule has 3 N–H and O–H groups in total. The van der Waals surface area contributed by atoms with E-state index in [9.17, 15) is 13.2 Å². The molecule has 0 aliphatic heterocycles. The summed E-state index contributed by atoms with van der Waals surface area (Å²) >= 11 is 9.54. The van der Waals surface area contributed by atoms with Gasteiger partial charge in [0.2, 0.25) is 0 Å². The van der Waals surface area contributed by atoms with Crippen molar-refractivity contribution < 1.29 is 93.7 Å². The molecule has 0 unspecified atom stereocenters. The van der Waals surface area contributed by atoms with Crippen molar-refractivity contribution in [2.24, 2.45) is 10.3 Å². The number of rotatable bonds is 13. The van der Waals surface area contributed by atoms with Crippen LogP contribution in [0, 0.1) is 12.3 Å². The molecule has 22 nitrogen and oxygen atoms in total. The Kier molecular flexibility index (Phi) is 127. The van der Waals surface area contributed by atoms with Crippen molar-refractivity contribution in [3.8, 4) is 57.4 Å². The quantitative estimate of drug-likeness (QED) is 0.00825. The molecule has 4 aromatic heterocycles. The summed E-state index contributed by atoms with van der Waals surface area (Å²) in [6, 6.07) is 64.5. The van der Waals surface area contributed by atoms with Crippen LogP contribution in [0.1, 0.15) is 181 Å². The second-order valence-electron chi connectivity index (χ2n) is 15.7. The number of aryl methyl sites for hydroxylation is 1. The van der Waals surface area contributed by atoms with Gasteiger partial charge in [0.05, 0.1) is 19.0 Å². The van der Waals surface area contributed by atoms with E-state index in [0.29, 0.717) is 36.2 Å². The van der Waals surface area contributed by atoms with Crippen molar-refractivity contribution in [3.63, 3.8) is 0 Å². The van der Waals surface area contributed by atoms with Crippen LogP contribution in [0.3, 0.4) is 0 Å². The maximum atomic E-state index is 10.8. The number of aliphatic hydroxyl groups excluding tert-OH is 2. The molecule has 0 bridgehead atoms. The summed E-state index contributed by atoms with van der Waals surface area (Å²) < 4.78 is 46.2. The van der Waals surface area contributed by atoms with E-state index >= 15 is 0 Å². The summed E-state index contributed by atoms with van der Waals surface area (Å²) in [7, 11) is -3.47. The van der Waals surface area contributed by atoms with Crippen LogP contribution in [0.15, 0.2) is 235 Å². The van der Waals surface area contributed by atoms with Gasteiger partial charge in [-0.25, -0.2) is 0 Å². The molecule has 0 aliphatic carbocycles. The van der Waals surface area contributed by atoms with Gasteiger partial charge in [-0.15, -0.1) is 6.42 Å². The molecule has 107 heavy (non-hydrogen) atoms. The van der Waals surface area contributed by atoms with Gasteiger partial charge >= 0.3 is 80.0 Å². The third-order valence-corrected chi connectivity index (χ3v) is 10.3. The number of nitrogens with zero attached hydrogens (tertiary/aromatic N) is 11. The largest absolute Gasteiger partial charge is 1.00 e. The number of halogens is 5. The molecule has 0 spiro atoms. The van der Waals surface area contributed by atoms with Crippen LogP contribution in [0.5, 0.6) is 0 Å². The Bertz CT molecular complexity index is 3550. The summed E-state index contributed by atoms with van der Waals surface area (Å²) in [5, 5.41) is 46.3. The molecule has 0 saturated heterocycles. The second kappa shape index (κ2) is 102. The Morgan fingerprint density at radius 2 is 0.766 bits per heavy atom. The van der Waals surface area contributed by atoms with E-state index in [1.807, 2.05) is 265 Å². The van der Waals surface area contributed by atoms with Gasteiger partial charge in [-0.2, -0.15) is 8.42 Å². The Morgan fingerprint density at radius 3 is 1.00 bits per heavy atom. The Balaban J connectivity index is -0.0000000758. The smallest absolute Gasteiger partial charge is 0.411 e. The standard InChI is InChI=1S/C11H11NO4S.C11H11NO.C10H8N4O.C10H9NO2.C7H7NO.C7H6O.C3H4O.6C2H6.7CH4.I3.I2.N3.Na/c1-17(13,14)15-8-10-7-11(12-16-10)9-5-3-2-4-6-9;1-2-10-8-11(12-13-10)9-6-4-3-5-7-9;11-14-12-7-9-6-10(13-15-9)8-4-2-1-3-5-8;12-7-9-6-10(11-13-9)8-4-2-1-3-5-8;9-8-6-7-4-2-1-3-5-7;8-6-7-4-2-1-3-5-7;1-2-3-4;6*1-2;;;;;;;;1-3-2;1-2;1-3-2;/h2-7H,8H2,1H3;3-8H,2H2,1H3;1-6H,7H2;1-6,12H,7H2;1-6,9H;1-6H;1,4H,3H2;6*1-2H3;7*1H4;;;;/q;;;;;;;;;;;;;;;;;;;;-1;;-1;+1. The van der Waals surface area contributed by atoms with Crippen molar-refractivity contribution in [2.45, 2.75) is 168 Å². The zero-order chi connectivity index (χ0) is 76.2. The van der Waals surface area contributed by atoms with E-state index in [0.717, 1.165) is 75.2 Å². The fraction of sp³-hybridized carbons (Fsp3) is 0.333. The molecular formula is C78H120I5N11NaO11S-. The number of aliphatic hydroxyl groups is 2. The summed E-state index contributed by atoms with van der Waals surface area (Å²) in [6.07, 6.45) is 8.63. The molecule has 6 aromatic carbocycles. The van der Waals surface area contributed by atoms with Crippen molar-refractivity contribution >= 4 is 97.1 Å². The van der Waals surface area contributed by atoms with E-state index in [1.54, 1.807) is 30.3 Å². The zero-order valence-corrected chi connectivity index (χ0v) is 72.8. The first-order chi connectivity index (χ1) is 48.3. The molecule has 4 heterocycles. The van der Waals surface area contributed by atoms with Gasteiger partial charge in [0.15, 0.2) is 11.5 Å². The number of benzene rings is 6. The SMILES string of the molecule is C.C.C.C.C.C.C.C#CCO.CC.CC.CC.CC.CC.CC.CCc1cc(-c2ccccc2)no1.CS(=O)(=O)OCc1cc(-c2ccccc2)no1.II.I[I-]I.O=Cc1ccccc1.OCc1cc(-c2ccccc2)no1.ON=Cc1ccccc1.[N-]=[N+]=NCc1cc(-c2ccccc2)no1.[N-]=[N+]=[N-].[Na+]. The predicted molar refractivity (Wildman–Crippen MR) is 480 cm³/mol. The minimum atomic E-state index is -3.47. The number of oxime groups is 1. The number of terminal acetylenes is 1. The van der Waals surface area contributed by atoms with E-state index in [4.69, 9.17) is 50.1 Å². The molecule has 10 rings (SSSR count). The van der Waals surface area contributed by atoms with Gasteiger partial charge in [-0.3, -0.25) is 13.9 Å². The summed E-state index contributed by atoms with van der Waals surface area (Å²) in [5.41, 5.74) is 30.3. The first kappa shape index (κ1) is 133. The third kappa shape index (κ3) is 73.9. The Hall–Kier alpha value is -6.04. The first-order valence-corrected chi connectivity index (χ1v) is 51.3. The maximum Gasteiger partial charge on any atom is 1.00 e. The average Bonchev–Trinajstić information content (AvgIpc) is 1.75. The second-order valence-corrected chi connectivity index (χ2v) is 33.6. The van der Waals surface area contributed by atoms with Crippen molar-refractivity contribution in [2.75, 3.05) is 12.9 Å². The molecule has 0 aliphatic rings. The normalized spacial score (nSPS) is 8.03. The summed E-state index contributed by atoms with van der Waals surface area (Å²) in [4.78, 5) is 14.2. The third-order valence-electron chi connectivity index (χ3n) is 9.76. The van der Waals surface area contributed by atoms with Crippen LogP contribution >= 0.6 is 74.5 Å². The summed E-state index contributed by atoms with van der Waals surface area (Å²) in [5.74, 6) is 4.33. The monoisotopic (exact) mass is 2080 g/mol. The molecule has 0 radical (unpaired) electrons. The average molecular weight is 2080 g/mol. The molecule has 0 saturated carbocycles. The fourth-order valence-corrected chi connectivity index (χ4v) is 6.35. The molecule has 29 heteroatoms. The number of hydrogen-bond acceptors (Lipinski definition) is 17. The van der Waals surface area contributed by atoms with Gasteiger partial charge < -0.3 is 44.6 Å². The topological polar surface area (TPSA) is 345 Å². The molecule has 10 aromatic rings. The summed E-state index contributed by atoms with van der Waals surface area (Å²) in [6.45, 7) is 25.8. The molecule has 0 amide bonds. The van der Waals surface area contributed by atoms with Crippen LogP contribution < -0.4 is 42.8 Å². The molecular weight excluding hydrogens is 1960 g/mol. The number of aromatic nitrogens is 4. The number of hydrogen-bond donors (Lipinski definition) is 3. The van der Waals surface area contributed by atoms with E-state index in [2.05, 4.69) is 128 Å². The molecule has 0 atom stereocenters. The van der Waals surface area contributed by atoms with Crippen molar-refractivity contribution in [1.82, 2.24) is 20.6 Å².